The van der Waals surface area contributed by atoms with Gasteiger partial charge in [0.25, 0.3) is 0 Å². The predicted octanol–water partition coefficient (Wildman–Crippen LogP) is 2.12. The van der Waals surface area contributed by atoms with Crippen molar-refractivity contribution < 1.29 is 17.9 Å². The first-order valence-electron chi connectivity index (χ1n) is 6.86. The molecule has 1 aromatic rings. The number of sulfonamides is 1. The normalized spacial score (nSPS) is 11.2. The second kappa shape index (κ2) is 7.99. The molecule has 1 aromatic carbocycles. The Labute approximate surface area is 125 Å². The van der Waals surface area contributed by atoms with E-state index in [4.69, 9.17) is 4.74 Å². The van der Waals surface area contributed by atoms with Crippen LogP contribution in [0.4, 0.5) is 5.69 Å². The Balaban J connectivity index is 2.98. The fourth-order valence-electron chi connectivity index (χ4n) is 1.83. The smallest absolute Gasteiger partial charge is 0.244 e. The van der Waals surface area contributed by atoms with Gasteiger partial charge in [-0.2, -0.15) is 0 Å². The summed E-state index contributed by atoms with van der Waals surface area (Å²) in [7, 11) is -2.26. The van der Waals surface area contributed by atoms with Crippen LogP contribution in [0.25, 0.3) is 0 Å². The Kier molecular flexibility index (Phi) is 6.64. The second-order valence-electron chi connectivity index (χ2n) is 4.65. The summed E-state index contributed by atoms with van der Waals surface area (Å²) in [4.78, 5) is 11.1. The monoisotopic (exact) mass is 314 g/mol. The molecule has 0 atom stereocenters. The fourth-order valence-corrected chi connectivity index (χ4v) is 3.09. The zero-order chi connectivity index (χ0) is 15.9. The average molecular weight is 314 g/mol. The van der Waals surface area contributed by atoms with Crippen LogP contribution in [0.5, 0.6) is 5.75 Å². The van der Waals surface area contributed by atoms with Crippen LogP contribution in [0, 0.1) is 0 Å². The van der Waals surface area contributed by atoms with E-state index in [-0.39, 0.29) is 16.6 Å². The van der Waals surface area contributed by atoms with E-state index < -0.39 is 10.0 Å². The largest absolute Gasteiger partial charge is 0.495 e. The van der Waals surface area contributed by atoms with Crippen molar-refractivity contribution in [3.8, 4) is 5.75 Å². The van der Waals surface area contributed by atoms with Crippen LogP contribution in [0.2, 0.25) is 0 Å². The standard InChI is InChI=1S/C14H22N2O4S/c1-4-5-6-9-15-21(18,19)14-10-12(16-11(2)17)7-8-13(14)20-3/h7-8,10,15H,4-6,9H2,1-3H3,(H,16,17). The third kappa shape index (κ3) is 5.35. The van der Waals surface area contributed by atoms with E-state index in [0.29, 0.717) is 12.2 Å². The van der Waals surface area contributed by atoms with Crippen molar-refractivity contribution in [1.82, 2.24) is 4.72 Å². The molecule has 7 heteroatoms. The van der Waals surface area contributed by atoms with Gasteiger partial charge < -0.3 is 10.1 Å². The number of anilines is 1. The van der Waals surface area contributed by atoms with Gasteiger partial charge in [-0.05, 0) is 24.6 Å². The van der Waals surface area contributed by atoms with Crippen LogP contribution in [0.15, 0.2) is 23.1 Å². The molecule has 118 valence electrons. The lowest BCUT2D eigenvalue weighted by molar-refractivity contribution is -0.114. The maximum Gasteiger partial charge on any atom is 0.244 e. The Hall–Kier alpha value is -1.60. The van der Waals surface area contributed by atoms with Gasteiger partial charge in [-0.1, -0.05) is 19.8 Å². The minimum Gasteiger partial charge on any atom is -0.495 e. The van der Waals surface area contributed by atoms with Crippen molar-refractivity contribution in [3.05, 3.63) is 18.2 Å². The maximum atomic E-state index is 12.3. The van der Waals surface area contributed by atoms with Crippen LogP contribution in [0.1, 0.15) is 33.1 Å². The molecule has 0 heterocycles. The van der Waals surface area contributed by atoms with Crippen LogP contribution in [0.3, 0.4) is 0 Å². The Morgan fingerprint density at radius 2 is 2.00 bits per heavy atom. The summed E-state index contributed by atoms with van der Waals surface area (Å²) in [6.45, 7) is 3.79. The van der Waals surface area contributed by atoms with Gasteiger partial charge in [0.1, 0.15) is 10.6 Å². The molecule has 21 heavy (non-hydrogen) atoms. The molecule has 0 spiro atoms. The highest BCUT2D eigenvalue weighted by molar-refractivity contribution is 7.89. The van der Waals surface area contributed by atoms with Crippen LogP contribution in [-0.4, -0.2) is 28.0 Å². The molecule has 6 nitrogen and oxygen atoms in total. The zero-order valence-corrected chi connectivity index (χ0v) is 13.4. The Morgan fingerprint density at radius 1 is 1.29 bits per heavy atom. The van der Waals surface area contributed by atoms with Crippen molar-refractivity contribution in [3.63, 3.8) is 0 Å². The predicted molar refractivity (Wildman–Crippen MR) is 82.0 cm³/mol. The van der Waals surface area contributed by atoms with Gasteiger partial charge in [0.05, 0.1) is 7.11 Å². The first kappa shape index (κ1) is 17.5. The van der Waals surface area contributed by atoms with Crippen LogP contribution in [-0.2, 0) is 14.8 Å². The number of hydrogen-bond donors (Lipinski definition) is 2. The van der Waals surface area contributed by atoms with Crippen molar-refractivity contribution in [2.45, 2.75) is 38.0 Å². The van der Waals surface area contributed by atoms with Gasteiger partial charge in [-0.15, -0.1) is 0 Å². The van der Waals surface area contributed by atoms with Gasteiger partial charge in [0.15, 0.2) is 0 Å². The molecule has 0 aliphatic rings. The topological polar surface area (TPSA) is 84.5 Å². The van der Waals surface area contributed by atoms with Crippen LogP contribution >= 0.6 is 0 Å². The zero-order valence-electron chi connectivity index (χ0n) is 12.6. The molecule has 0 saturated heterocycles. The number of rotatable bonds is 8. The Morgan fingerprint density at radius 3 is 2.57 bits per heavy atom. The van der Waals surface area contributed by atoms with Gasteiger partial charge in [-0.25, -0.2) is 13.1 Å². The molecule has 0 bridgehead atoms. The number of methoxy groups -OCH3 is 1. The summed E-state index contributed by atoms with van der Waals surface area (Å²) < 4.78 is 32.3. The van der Waals surface area contributed by atoms with Crippen LogP contribution < -0.4 is 14.8 Å². The number of amides is 1. The fraction of sp³-hybridized carbons (Fsp3) is 0.500. The van der Waals surface area contributed by atoms with Gasteiger partial charge in [0, 0.05) is 19.2 Å². The summed E-state index contributed by atoms with van der Waals surface area (Å²) in [5, 5.41) is 2.56. The molecule has 0 unspecified atom stereocenters. The third-order valence-electron chi connectivity index (χ3n) is 2.85. The number of nitrogens with one attached hydrogen (secondary N) is 2. The average Bonchev–Trinajstić information content (AvgIpc) is 2.43. The summed E-state index contributed by atoms with van der Waals surface area (Å²) in [6.07, 6.45) is 2.76. The van der Waals surface area contributed by atoms with E-state index in [1.165, 1.54) is 26.2 Å². The molecule has 0 fully saturated rings. The van der Waals surface area contributed by atoms with Crippen molar-refractivity contribution in [2.75, 3.05) is 19.0 Å². The lowest BCUT2D eigenvalue weighted by Crippen LogP contribution is -2.25. The van der Waals surface area contributed by atoms with E-state index in [2.05, 4.69) is 17.0 Å². The van der Waals surface area contributed by atoms with Gasteiger partial charge in [0.2, 0.25) is 15.9 Å². The van der Waals surface area contributed by atoms with E-state index in [1.807, 2.05) is 0 Å². The SMILES string of the molecule is CCCCCNS(=O)(=O)c1cc(NC(C)=O)ccc1OC. The van der Waals surface area contributed by atoms with E-state index >= 15 is 0 Å². The highest BCUT2D eigenvalue weighted by Crippen LogP contribution is 2.27. The molecular weight excluding hydrogens is 292 g/mol. The lowest BCUT2D eigenvalue weighted by Gasteiger charge is -2.12. The molecule has 0 aliphatic heterocycles. The number of benzene rings is 1. The van der Waals surface area contributed by atoms with Gasteiger partial charge >= 0.3 is 0 Å². The minimum absolute atomic E-state index is 0.0211. The lowest BCUT2D eigenvalue weighted by atomic mass is 10.3. The van der Waals surface area contributed by atoms with E-state index in [0.717, 1.165) is 19.3 Å². The molecular formula is C14H22N2O4S. The first-order chi connectivity index (χ1) is 9.90. The molecule has 0 aliphatic carbocycles. The number of unbranched alkanes of at least 4 members (excludes halogenated alkanes) is 2. The first-order valence-corrected chi connectivity index (χ1v) is 8.34. The molecule has 2 N–H and O–H groups in total. The number of ether oxygens (including phenoxy) is 1. The van der Waals surface area contributed by atoms with Crippen molar-refractivity contribution in [1.29, 1.82) is 0 Å². The maximum absolute atomic E-state index is 12.3. The molecule has 0 saturated carbocycles. The summed E-state index contributed by atoms with van der Waals surface area (Å²) in [5.74, 6) is -0.0217. The third-order valence-corrected chi connectivity index (χ3v) is 4.33. The number of carbonyl (C=O) groups is 1. The molecule has 1 amide bonds. The summed E-state index contributed by atoms with van der Waals surface area (Å²) >= 11 is 0. The van der Waals surface area contributed by atoms with Crippen molar-refractivity contribution >= 4 is 21.6 Å². The summed E-state index contributed by atoms with van der Waals surface area (Å²) in [6, 6.07) is 4.50. The minimum atomic E-state index is -3.67. The van der Waals surface area contributed by atoms with Gasteiger partial charge in [-0.3, -0.25) is 4.79 Å². The number of carbonyl (C=O) groups excluding carboxylic acids is 1. The van der Waals surface area contributed by atoms with E-state index in [9.17, 15) is 13.2 Å². The number of hydrogen-bond acceptors (Lipinski definition) is 4. The van der Waals surface area contributed by atoms with Crippen molar-refractivity contribution in [2.24, 2.45) is 0 Å². The highest BCUT2D eigenvalue weighted by atomic mass is 32.2. The summed E-state index contributed by atoms with van der Waals surface area (Å²) in [5.41, 5.74) is 0.414. The molecule has 0 radical (unpaired) electrons. The molecule has 0 aromatic heterocycles. The Bertz CT molecular complexity index is 585. The van der Waals surface area contributed by atoms with E-state index in [1.54, 1.807) is 6.07 Å². The second-order valence-corrected chi connectivity index (χ2v) is 6.39. The highest BCUT2D eigenvalue weighted by Gasteiger charge is 2.19. The molecule has 1 rings (SSSR count). The quantitative estimate of drug-likeness (QED) is 0.720.